The summed E-state index contributed by atoms with van der Waals surface area (Å²) < 4.78 is 18.2. The number of benzene rings is 4. The molecule has 3 nitrogen and oxygen atoms in total. The molecule has 0 unspecified atom stereocenters. The van der Waals surface area contributed by atoms with Crippen LogP contribution in [0.2, 0.25) is 0 Å². The number of hydrogen-bond donors (Lipinski definition) is 0. The van der Waals surface area contributed by atoms with Gasteiger partial charge in [0.25, 0.3) is 0 Å². The molecule has 0 aliphatic heterocycles. The largest absolute Gasteiger partial charge is 0.457 e. The summed E-state index contributed by atoms with van der Waals surface area (Å²) in [7, 11) is 0. The van der Waals surface area contributed by atoms with Crippen LogP contribution in [0.15, 0.2) is 97.1 Å². The molecule has 5 heteroatoms. The van der Waals surface area contributed by atoms with E-state index in [9.17, 15) is 0 Å². The van der Waals surface area contributed by atoms with Gasteiger partial charge in [-0.05, 0) is 113 Å². The summed E-state index contributed by atoms with van der Waals surface area (Å²) in [5.74, 6) is 3.87. The van der Waals surface area contributed by atoms with Gasteiger partial charge in [0.2, 0.25) is 0 Å². The molecule has 30 heavy (non-hydrogen) atoms. The van der Waals surface area contributed by atoms with E-state index in [0.29, 0.717) is 0 Å². The van der Waals surface area contributed by atoms with Crippen LogP contribution in [0.4, 0.5) is 0 Å². The van der Waals surface area contributed by atoms with Crippen molar-refractivity contribution in [1.82, 2.24) is 0 Å². The van der Waals surface area contributed by atoms with Crippen LogP contribution in [0.5, 0.6) is 28.7 Å². The Labute approximate surface area is 203 Å². The molecule has 0 amide bonds. The van der Waals surface area contributed by atoms with Gasteiger partial charge in [0.1, 0.15) is 28.7 Å². The summed E-state index contributed by atoms with van der Waals surface area (Å²) >= 11 is 4.18. The normalized spacial score (nSPS) is 10.5. The van der Waals surface area contributed by atoms with Crippen molar-refractivity contribution >= 4 is 45.6 Å². The molecule has 4 rings (SSSR count). The Hall–Kier alpha value is -2.26. The third-order valence-electron chi connectivity index (χ3n) is 4.45. The maximum atomic E-state index is 5.96. The minimum absolute atomic E-state index is 0.748. The zero-order valence-corrected chi connectivity index (χ0v) is 20.2. The highest BCUT2D eigenvalue weighted by molar-refractivity contribution is 14.1. The quantitative estimate of drug-likeness (QED) is 0.195. The van der Waals surface area contributed by atoms with Crippen molar-refractivity contribution < 1.29 is 12.5 Å². The number of hydrogen-bond acceptors (Lipinski definition) is 3. The molecule has 0 atom stereocenters. The molecule has 0 radical (unpaired) electrons. The second kappa shape index (κ2) is 10.2. The van der Waals surface area contributed by atoms with Gasteiger partial charge in [-0.15, -0.1) is 0 Å². The summed E-state index contributed by atoms with van der Waals surface area (Å²) in [4.78, 5) is 0. The number of rotatable bonds is 7. The zero-order chi connectivity index (χ0) is 20.8. The van der Waals surface area contributed by atoms with E-state index in [1.165, 1.54) is 14.7 Å². The lowest BCUT2D eigenvalue weighted by Gasteiger charge is -2.09. The highest BCUT2D eigenvalue weighted by Gasteiger charge is 2.02. The Balaban J connectivity index is 1.35. The summed E-state index contributed by atoms with van der Waals surface area (Å²) in [5, 5.41) is 0. The van der Waals surface area contributed by atoms with Crippen LogP contribution < -0.4 is 12.5 Å². The average molecular weight is 620 g/mol. The summed E-state index contributed by atoms with van der Waals surface area (Å²) in [6, 6.07) is 31.9. The van der Waals surface area contributed by atoms with Crippen LogP contribution in [0, 0.1) is 3.57 Å². The van der Waals surface area contributed by atoms with Crippen molar-refractivity contribution in [2.24, 2.45) is 0 Å². The van der Waals surface area contributed by atoms with Crippen molar-refractivity contribution in [2.75, 3.05) is 0 Å². The summed E-state index contributed by atoms with van der Waals surface area (Å²) in [6.07, 6.45) is 0.911. The van der Waals surface area contributed by atoms with Gasteiger partial charge in [-0.1, -0.05) is 24.3 Å². The molecule has 0 spiro atoms. The van der Waals surface area contributed by atoms with E-state index >= 15 is 0 Å². The highest BCUT2D eigenvalue weighted by Crippen LogP contribution is 2.28. The molecule has 0 aliphatic carbocycles. The number of halogens is 2. The van der Waals surface area contributed by atoms with Crippen LogP contribution in [-0.2, 0) is 6.42 Å². The molecule has 0 N–H and O–H groups in total. The zero-order valence-electron chi connectivity index (χ0n) is 15.9. The second-order valence-electron chi connectivity index (χ2n) is 6.67. The summed E-state index contributed by atoms with van der Waals surface area (Å²) in [5.41, 5.74) is 2.56. The third kappa shape index (κ3) is 5.89. The van der Waals surface area contributed by atoms with Gasteiger partial charge in [0, 0.05) is 3.57 Å². The molecule has 0 saturated heterocycles. The predicted octanol–water partition coefficient (Wildman–Crippen LogP) is 8.20. The minimum atomic E-state index is 0.748. The smallest absolute Gasteiger partial charge is 0.192 e. The molecule has 4 aromatic rings. The monoisotopic (exact) mass is 620 g/mol. The lowest BCUT2D eigenvalue weighted by Crippen LogP contribution is -1.90. The molecule has 0 aromatic heterocycles. The third-order valence-corrected chi connectivity index (χ3v) is 5.68. The van der Waals surface area contributed by atoms with E-state index in [2.05, 4.69) is 59.0 Å². The number of ether oxygens (including phenoxy) is 2. The molecule has 0 fully saturated rings. The van der Waals surface area contributed by atoms with E-state index in [1.54, 1.807) is 0 Å². The Morgan fingerprint density at radius 1 is 0.467 bits per heavy atom. The van der Waals surface area contributed by atoms with E-state index in [0.717, 1.165) is 35.2 Å². The molecule has 150 valence electrons. The van der Waals surface area contributed by atoms with Crippen LogP contribution in [0.3, 0.4) is 0 Å². The van der Waals surface area contributed by atoms with Crippen LogP contribution in [-0.4, -0.2) is 0 Å². The van der Waals surface area contributed by atoms with Gasteiger partial charge in [-0.25, -0.2) is 0 Å². The first kappa shape index (κ1) is 21.0. The molecule has 0 aliphatic rings. The van der Waals surface area contributed by atoms with E-state index < -0.39 is 0 Å². The predicted molar refractivity (Wildman–Crippen MR) is 136 cm³/mol. The van der Waals surface area contributed by atoms with Gasteiger partial charge >= 0.3 is 0 Å². The van der Waals surface area contributed by atoms with Crippen molar-refractivity contribution in [2.45, 2.75) is 6.42 Å². The fourth-order valence-electron chi connectivity index (χ4n) is 2.92. The maximum Gasteiger partial charge on any atom is 0.192 e. The van der Waals surface area contributed by atoms with Gasteiger partial charge < -0.3 is 12.5 Å². The molecule has 0 saturated carbocycles. The maximum absolute atomic E-state index is 5.96. The molecular weight excluding hydrogens is 602 g/mol. The second-order valence-corrected chi connectivity index (χ2v) is 8.36. The first-order valence-corrected chi connectivity index (χ1v) is 11.3. The molecule has 0 bridgehead atoms. The van der Waals surface area contributed by atoms with Gasteiger partial charge in [0.15, 0.2) is 23.0 Å². The average Bonchev–Trinajstić information content (AvgIpc) is 2.78. The minimum Gasteiger partial charge on any atom is -0.457 e. The van der Waals surface area contributed by atoms with E-state index in [4.69, 9.17) is 12.5 Å². The standard InChI is InChI=1S/C25H18I2O3/c26-20-5-1-18(2-6-20)17-19-3-7-21(8-4-19)28-22-9-11-23(12-10-22)29-24-13-15-25(30-27)16-14-24/h1-16H,17H2. The van der Waals surface area contributed by atoms with E-state index in [1.807, 2.05) is 83.7 Å². The summed E-state index contributed by atoms with van der Waals surface area (Å²) in [6.45, 7) is 0. The lowest BCUT2D eigenvalue weighted by molar-refractivity contribution is 0.469. The fraction of sp³-hybridized carbons (Fsp3) is 0.0400. The Bertz CT molecular complexity index is 1080. The van der Waals surface area contributed by atoms with Gasteiger partial charge in [0.05, 0.1) is 0 Å². The van der Waals surface area contributed by atoms with Crippen molar-refractivity contribution in [1.29, 1.82) is 0 Å². The van der Waals surface area contributed by atoms with Crippen molar-refractivity contribution in [3.63, 3.8) is 0 Å². The van der Waals surface area contributed by atoms with Crippen LogP contribution in [0.25, 0.3) is 0 Å². The fourth-order valence-corrected chi connectivity index (χ4v) is 3.57. The van der Waals surface area contributed by atoms with Crippen molar-refractivity contribution in [3.05, 3.63) is 112 Å². The molecule has 4 aromatic carbocycles. The topological polar surface area (TPSA) is 27.7 Å². The molecular formula is C25H18I2O3. The first-order chi connectivity index (χ1) is 14.7. The first-order valence-electron chi connectivity index (χ1n) is 9.36. The van der Waals surface area contributed by atoms with Gasteiger partial charge in [-0.2, -0.15) is 0 Å². The Morgan fingerprint density at radius 2 is 0.800 bits per heavy atom. The van der Waals surface area contributed by atoms with E-state index in [-0.39, 0.29) is 0 Å². The van der Waals surface area contributed by atoms with Crippen LogP contribution in [0.1, 0.15) is 11.1 Å². The van der Waals surface area contributed by atoms with Crippen molar-refractivity contribution in [3.8, 4) is 28.7 Å². The lowest BCUT2D eigenvalue weighted by atomic mass is 10.1. The highest BCUT2D eigenvalue weighted by atomic mass is 127. The van der Waals surface area contributed by atoms with Gasteiger partial charge in [-0.3, -0.25) is 0 Å². The molecule has 0 heterocycles. The Kier molecular flexibility index (Phi) is 7.11. The SMILES string of the molecule is IOc1ccc(Oc2ccc(Oc3ccc(Cc4ccc(I)cc4)cc3)cc2)cc1. The Morgan fingerprint density at radius 3 is 1.20 bits per heavy atom. The van der Waals surface area contributed by atoms with Crippen LogP contribution >= 0.6 is 45.6 Å².